The Labute approximate surface area is 186 Å². The van der Waals surface area contributed by atoms with Gasteiger partial charge in [0.2, 0.25) is 5.91 Å². The fourth-order valence-electron chi connectivity index (χ4n) is 3.84. The molecule has 2 aromatic carbocycles. The van der Waals surface area contributed by atoms with Gasteiger partial charge in [-0.15, -0.1) is 23.1 Å². The van der Waals surface area contributed by atoms with Crippen molar-refractivity contribution in [1.29, 1.82) is 5.26 Å². The Balaban J connectivity index is 1.63. The highest BCUT2D eigenvalue weighted by Crippen LogP contribution is 2.40. The highest BCUT2D eigenvalue weighted by molar-refractivity contribution is 8.00. The lowest BCUT2D eigenvalue weighted by molar-refractivity contribution is -0.115. The fourth-order valence-corrected chi connectivity index (χ4v) is 6.13. The maximum atomic E-state index is 13.4. The molecule has 3 aromatic rings. The second kappa shape index (κ2) is 9.97. The summed E-state index contributed by atoms with van der Waals surface area (Å²) in [5.41, 5.74) is 2.78. The zero-order valence-electron chi connectivity index (χ0n) is 16.8. The third-order valence-electron chi connectivity index (χ3n) is 5.36. The fraction of sp³-hybridized carbons (Fsp3) is 0.280. The SMILES string of the molecule is N#Cc1c(NC(=O)[C@H](Sc2ccccc2)c2ccccc2)sc2c1CCCCCC2. The number of fused-ring (bicyclic) bond motifs is 1. The van der Waals surface area contributed by atoms with Gasteiger partial charge < -0.3 is 5.32 Å². The molecular weight excluding hydrogens is 408 g/mol. The highest BCUT2D eigenvalue weighted by Gasteiger charge is 2.26. The molecule has 0 radical (unpaired) electrons. The summed E-state index contributed by atoms with van der Waals surface area (Å²) in [6.07, 6.45) is 6.66. The largest absolute Gasteiger partial charge is 0.315 e. The van der Waals surface area contributed by atoms with Crippen molar-refractivity contribution in [2.75, 3.05) is 5.32 Å². The number of hydrogen-bond donors (Lipinski definition) is 1. The number of nitrogens with one attached hydrogen (secondary N) is 1. The van der Waals surface area contributed by atoms with Gasteiger partial charge in [-0.3, -0.25) is 4.79 Å². The Morgan fingerprint density at radius 3 is 2.33 bits per heavy atom. The van der Waals surface area contributed by atoms with Crippen molar-refractivity contribution in [2.45, 2.75) is 48.7 Å². The van der Waals surface area contributed by atoms with Crippen molar-refractivity contribution in [1.82, 2.24) is 0 Å². The molecule has 1 aliphatic carbocycles. The van der Waals surface area contributed by atoms with Gasteiger partial charge in [-0.2, -0.15) is 5.26 Å². The molecule has 1 N–H and O–H groups in total. The average molecular weight is 433 g/mol. The Hall–Kier alpha value is -2.55. The minimum absolute atomic E-state index is 0.0826. The predicted molar refractivity (Wildman–Crippen MR) is 125 cm³/mol. The molecular formula is C25H24N2OS2. The van der Waals surface area contributed by atoms with Gasteiger partial charge in [-0.25, -0.2) is 0 Å². The number of aryl methyl sites for hydroxylation is 1. The van der Waals surface area contributed by atoms with E-state index in [0.717, 1.165) is 41.7 Å². The van der Waals surface area contributed by atoms with Crippen LogP contribution in [0.2, 0.25) is 0 Å². The van der Waals surface area contributed by atoms with E-state index in [2.05, 4.69) is 11.4 Å². The molecule has 1 atom stereocenters. The number of nitrogens with zero attached hydrogens (tertiary/aromatic N) is 1. The molecule has 30 heavy (non-hydrogen) atoms. The Bertz CT molecular complexity index is 1040. The quantitative estimate of drug-likeness (QED) is 0.454. The van der Waals surface area contributed by atoms with Gasteiger partial charge in [-0.05, 0) is 48.9 Å². The average Bonchev–Trinajstić information content (AvgIpc) is 3.08. The van der Waals surface area contributed by atoms with Crippen molar-refractivity contribution in [3.63, 3.8) is 0 Å². The predicted octanol–water partition coefficient (Wildman–Crippen LogP) is 6.75. The molecule has 1 heterocycles. The van der Waals surface area contributed by atoms with E-state index in [-0.39, 0.29) is 11.2 Å². The van der Waals surface area contributed by atoms with Crippen molar-refractivity contribution in [2.24, 2.45) is 0 Å². The molecule has 0 saturated carbocycles. The molecule has 0 fully saturated rings. The maximum absolute atomic E-state index is 13.4. The standard InChI is InChI=1S/C25H24N2OS2/c26-17-21-20-15-9-1-2-10-16-22(20)30-25(21)27-24(28)23(18-11-5-3-6-12-18)29-19-13-7-4-8-14-19/h3-8,11-14,23H,1-2,9-10,15-16H2,(H,27,28)/t23-/m1/s1. The Kier molecular flexibility index (Phi) is 6.88. The topological polar surface area (TPSA) is 52.9 Å². The highest BCUT2D eigenvalue weighted by atomic mass is 32.2. The van der Waals surface area contributed by atoms with Gasteiger partial charge in [0.15, 0.2) is 0 Å². The summed E-state index contributed by atoms with van der Waals surface area (Å²) in [4.78, 5) is 15.7. The zero-order chi connectivity index (χ0) is 20.8. The Morgan fingerprint density at radius 1 is 0.967 bits per heavy atom. The van der Waals surface area contributed by atoms with E-state index < -0.39 is 0 Å². The van der Waals surface area contributed by atoms with E-state index in [9.17, 15) is 10.1 Å². The first-order chi connectivity index (χ1) is 14.8. The number of nitriles is 1. The maximum Gasteiger partial charge on any atom is 0.243 e. The lowest BCUT2D eigenvalue weighted by Gasteiger charge is -2.16. The summed E-state index contributed by atoms with van der Waals surface area (Å²) in [6, 6.07) is 22.2. The van der Waals surface area contributed by atoms with Crippen LogP contribution in [0.15, 0.2) is 65.6 Å². The van der Waals surface area contributed by atoms with Gasteiger partial charge in [0.05, 0.1) is 5.56 Å². The van der Waals surface area contributed by atoms with E-state index in [1.165, 1.54) is 29.5 Å². The van der Waals surface area contributed by atoms with Crippen LogP contribution in [-0.4, -0.2) is 5.91 Å². The second-order valence-electron chi connectivity index (χ2n) is 7.44. The van der Waals surface area contributed by atoms with Crippen LogP contribution in [-0.2, 0) is 17.6 Å². The molecule has 5 heteroatoms. The number of amides is 1. The third-order valence-corrected chi connectivity index (χ3v) is 7.83. The molecule has 0 aliphatic heterocycles. The lowest BCUT2D eigenvalue weighted by atomic mass is 9.97. The molecule has 0 saturated heterocycles. The molecule has 0 bridgehead atoms. The van der Waals surface area contributed by atoms with Gasteiger partial charge in [0, 0.05) is 9.77 Å². The third kappa shape index (κ3) is 4.77. The van der Waals surface area contributed by atoms with Crippen molar-refractivity contribution in [3.8, 4) is 6.07 Å². The van der Waals surface area contributed by atoms with Crippen LogP contribution < -0.4 is 5.32 Å². The van der Waals surface area contributed by atoms with E-state index >= 15 is 0 Å². The molecule has 1 aliphatic rings. The number of anilines is 1. The van der Waals surface area contributed by atoms with Gasteiger partial charge in [0.25, 0.3) is 0 Å². The van der Waals surface area contributed by atoms with E-state index in [1.54, 1.807) is 11.3 Å². The number of hydrogen-bond acceptors (Lipinski definition) is 4. The van der Waals surface area contributed by atoms with Crippen LogP contribution in [0.4, 0.5) is 5.00 Å². The molecule has 152 valence electrons. The van der Waals surface area contributed by atoms with Gasteiger partial charge >= 0.3 is 0 Å². The number of thioether (sulfide) groups is 1. The minimum atomic E-state index is -0.384. The molecule has 1 amide bonds. The van der Waals surface area contributed by atoms with E-state index in [0.29, 0.717) is 10.6 Å². The zero-order valence-corrected chi connectivity index (χ0v) is 18.4. The summed E-state index contributed by atoms with van der Waals surface area (Å²) in [6.45, 7) is 0. The summed E-state index contributed by atoms with van der Waals surface area (Å²) < 4.78 is 0. The summed E-state index contributed by atoms with van der Waals surface area (Å²) in [5.74, 6) is -0.0826. The smallest absolute Gasteiger partial charge is 0.243 e. The first-order valence-electron chi connectivity index (χ1n) is 10.4. The molecule has 0 spiro atoms. The summed E-state index contributed by atoms with van der Waals surface area (Å²) >= 11 is 3.13. The van der Waals surface area contributed by atoms with Crippen molar-refractivity contribution < 1.29 is 4.79 Å². The number of benzene rings is 2. The lowest BCUT2D eigenvalue weighted by Crippen LogP contribution is -2.19. The number of carbonyl (C=O) groups is 1. The van der Waals surface area contributed by atoms with Crippen LogP contribution in [0.25, 0.3) is 0 Å². The van der Waals surface area contributed by atoms with Crippen LogP contribution >= 0.6 is 23.1 Å². The van der Waals surface area contributed by atoms with Crippen molar-refractivity contribution in [3.05, 3.63) is 82.2 Å². The van der Waals surface area contributed by atoms with Crippen LogP contribution in [0, 0.1) is 11.3 Å². The normalized spacial score (nSPS) is 14.6. The van der Waals surface area contributed by atoms with Crippen LogP contribution in [0.3, 0.4) is 0 Å². The molecule has 1 aromatic heterocycles. The monoisotopic (exact) mass is 432 g/mol. The van der Waals surface area contributed by atoms with Gasteiger partial charge in [0.1, 0.15) is 16.3 Å². The minimum Gasteiger partial charge on any atom is -0.315 e. The van der Waals surface area contributed by atoms with Crippen LogP contribution in [0.1, 0.15) is 52.5 Å². The molecule has 0 unspecified atom stereocenters. The number of carbonyl (C=O) groups excluding carboxylic acids is 1. The summed E-state index contributed by atoms with van der Waals surface area (Å²) in [7, 11) is 0. The molecule has 3 nitrogen and oxygen atoms in total. The molecule has 4 rings (SSSR count). The first kappa shape index (κ1) is 20.7. The first-order valence-corrected chi connectivity index (χ1v) is 12.1. The number of thiophene rings is 1. The van der Waals surface area contributed by atoms with Crippen molar-refractivity contribution >= 4 is 34.0 Å². The van der Waals surface area contributed by atoms with Crippen LogP contribution in [0.5, 0.6) is 0 Å². The van der Waals surface area contributed by atoms with E-state index in [4.69, 9.17) is 0 Å². The van der Waals surface area contributed by atoms with Gasteiger partial charge in [-0.1, -0.05) is 61.4 Å². The number of rotatable bonds is 5. The van der Waals surface area contributed by atoms with E-state index in [1.807, 2.05) is 60.7 Å². The summed E-state index contributed by atoms with van der Waals surface area (Å²) in [5, 5.41) is 13.3. The Morgan fingerprint density at radius 2 is 1.63 bits per heavy atom. The second-order valence-corrected chi connectivity index (χ2v) is 9.73.